The van der Waals surface area contributed by atoms with Gasteiger partial charge >= 0.3 is 0 Å². The lowest BCUT2D eigenvalue weighted by molar-refractivity contribution is 0.249. The Morgan fingerprint density at radius 1 is 0.880 bits per heavy atom. The van der Waals surface area contributed by atoms with Crippen molar-refractivity contribution in [2.75, 3.05) is 31.1 Å². The van der Waals surface area contributed by atoms with E-state index in [1.54, 1.807) is 0 Å². The molecule has 2 aromatic carbocycles. The van der Waals surface area contributed by atoms with Gasteiger partial charge in [-0.05, 0) is 29.1 Å². The Bertz CT molecular complexity index is 863. The van der Waals surface area contributed by atoms with Crippen LogP contribution in [-0.2, 0) is 6.54 Å². The highest BCUT2D eigenvalue weighted by molar-refractivity contribution is 5.92. The van der Waals surface area contributed by atoms with Gasteiger partial charge in [-0.25, -0.2) is 13.8 Å². The summed E-state index contributed by atoms with van der Waals surface area (Å²) in [5.74, 6) is -0.0308. The summed E-state index contributed by atoms with van der Waals surface area (Å²) in [7, 11) is 0. The smallest absolute Gasteiger partial charge is 0.136 e. The molecular formula is C20H19F2N3. The SMILES string of the molecule is Fc1cc(F)cc(CN2CCN(c3nccc4ccccc34)CC2)c1. The summed E-state index contributed by atoms with van der Waals surface area (Å²) in [5.41, 5.74) is 0.675. The molecule has 1 saturated heterocycles. The van der Waals surface area contributed by atoms with E-state index in [0.29, 0.717) is 12.1 Å². The molecule has 128 valence electrons. The number of benzene rings is 2. The van der Waals surface area contributed by atoms with Gasteiger partial charge in [0.2, 0.25) is 0 Å². The molecule has 1 fully saturated rings. The van der Waals surface area contributed by atoms with Gasteiger partial charge in [-0.1, -0.05) is 24.3 Å². The van der Waals surface area contributed by atoms with E-state index in [1.165, 1.54) is 17.5 Å². The third-order valence-corrected chi connectivity index (χ3v) is 4.65. The Hall–Kier alpha value is -2.53. The maximum absolute atomic E-state index is 13.3. The Morgan fingerprint density at radius 2 is 1.60 bits per heavy atom. The Morgan fingerprint density at radius 3 is 2.36 bits per heavy atom. The highest BCUT2D eigenvalue weighted by Gasteiger charge is 2.20. The van der Waals surface area contributed by atoms with Gasteiger partial charge in [0.05, 0.1) is 0 Å². The molecule has 3 nitrogen and oxygen atoms in total. The van der Waals surface area contributed by atoms with Crippen LogP contribution in [0.25, 0.3) is 10.8 Å². The van der Waals surface area contributed by atoms with Crippen LogP contribution in [0.3, 0.4) is 0 Å². The maximum atomic E-state index is 13.3. The number of anilines is 1. The molecule has 5 heteroatoms. The number of nitrogens with zero attached hydrogens (tertiary/aromatic N) is 3. The fourth-order valence-electron chi connectivity index (χ4n) is 3.43. The van der Waals surface area contributed by atoms with Crippen molar-refractivity contribution in [1.29, 1.82) is 0 Å². The van der Waals surface area contributed by atoms with Crippen molar-refractivity contribution >= 4 is 16.6 Å². The lowest BCUT2D eigenvalue weighted by Crippen LogP contribution is -2.46. The van der Waals surface area contributed by atoms with Gasteiger partial charge in [0.25, 0.3) is 0 Å². The number of hydrogen-bond acceptors (Lipinski definition) is 3. The molecule has 4 rings (SSSR count). The van der Waals surface area contributed by atoms with Crippen molar-refractivity contribution in [2.24, 2.45) is 0 Å². The minimum absolute atomic E-state index is 0.520. The van der Waals surface area contributed by atoms with Crippen molar-refractivity contribution in [3.8, 4) is 0 Å². The second-order valence-corrected chi connectivity index (χ2v) is 6.40. The molecule has 0 bridgehead atoms. The van der Waals surface area contributed by atoms with Gasteiger partial charge in [0.15, 0.2) is 0 Å². The monoisotopic (exact) mass is 339 g/mol. The van der Waals surface area contributed by atoms with Crippen LogP contribution in [0.15, 0.2) is 54.7 Å². The van der Waals surface area contributed by atoms with Gasteiger partial charge in [0.1, 0.15) is 17.5 Å². The number of aromatic nitrogens is 1. The van der Waals surface area contributed by atoms with Crippen molar-refractivity contribution < 1.29 is 8.78 Å². The first-order valence-electron chi connectivity index (χ1n) is 8.45. The van der Waals surface area contributed by atoms with E-state index >= 15 is 0 Å². The molecule has 0 atom stereocenters. The molecule has 1 aromatic heterocycles. The minimum atomic E-state index is -0.520. The van der Waals surface area contributed by atoms with Crippen LogP contribution in [0.2, 0.25) is 0 Å². The van der Waals surface area contributed by atoms with Crippen LogP contribution in [0.1, 0.15) is 5.56 Å². The molecule has 0 saturated carbocycles. The van der Waals surface area contributed by atoms with Gasteiger partial charge in [-0.15, -0.1) is 0 Å². The Balaban J connectivity index is 1.46. The molecule has 0 amide bonds. The summed E-state index contributed by atoms with van der Waals surface area (Å²) in [6.45, 7) is 3.93. The summed E-state index contributed by atoms with van der Waals surface area (Å²) in [6, 6.07) is 14.0. The molecule has 3 aromatic rings. The molecule has 25 heavy (non-hydrogen) atoms. The van der Waals surface area contributed by atoms with Crippen molar-refractivity contribution in [3.05, 3.63) is 71.9 Å². The highest BCUT2D eigenvalue weighted by Crippen LogP contribution is 2.25. The third-order valence-electron chi connectivity index (χ3n) is 4.65. The molecule has 1 aliphatic heterocycles. The Kier molecular flexibility index (Phi) is 4.32. The number of fused-ring (bicyclic) bond motifs is 1. The Labute approximate surface area is 145 Å². The summed E-state index contributed by atoms with van der Waals surface area (Å²) >= 11 is 0. The van der Waals surface area contributed by atoms with Crippen LogP contribution < -0.4 is 4.90 Å². The van der Waals surface area contributed by atoms with Gasteiger partial charge in [0, 0.05) is 50.4 Å². The predicted molar refractivity (Wildman–Crippen MR) is 95.6 cm³/mol. The fourth-order valence-corrected chi connectivity index (χ4v) is 3.43. The first-order valence-corrected chi connectivity index (χ1v) is 8.45. The zero-order valence-corrected chi connectivity index (χ0v) is 13.8. The van der Waals surface area contributed by atoms with E-state index in [0.717, 1.165) is 43.4 Å². The minimum Gasteiger partial charge on any atom is -0.354 e. The molecule has 2 heterocycles. The number of piperazine rings is 1. The lowest BCUT2D eigenvalue weighted by atomic mass is 10.1. The first-order chi connectivity index (χ1) is 12.2. The number of hydrogen-bond donors (Lipinski definition) is 0. The number of halogens is 2. The average Bonchev–Trinajstić information content (AvgIpc) is 2.61. The normalized spacial score (nSPS) is 15.7. The second kappa shape index (κ2) is 6.76. The van der Waals surface area contributed by atoms with E-state index in [9.17, 15) is 8.78 Å². The standard InChI is InChI=1S/C20H19F2N3/c21-17-11-15(12-18(22)13-17)14-24-7-9-25(10-8-24)20-19-4-2-1-3-16(19)5-6-23-20/h1-6,11-13H,7-10,14H2. The fraction of sp³-hybridized carbons (Fsp3) is 0.250. The molecule has 1 aliphatic rings. The van der Waals surface area contributed by atoms with E-state index in [2.05, 4.69) is 26.9 Å². The molecule has 0 radical (unpaired) electrons. The molecule has 0 spiro atoms. The van der Waals surface area contributed by atoms with Crippen LogP contribution >= 0.6 is 0 Å². The third kappa shape index (κ3) is 3.46. The molecule has 0 aliphatic carbocycles. The van der Waals surface area contributed by atoms with E-state index < -0.39 is 11.6 Å². The van der Waals surface area contributed by atoms with Gasteiger partial charge in [-0.2, -0.15) is 0 Å². The van der Waals surface area contributed by atoms with Crippen LogP contribution in [-0.4, -0.2) is 36.1 Å². The molecular weight excluding hydrogens is 320 g/mol. The maximum Gasteiger partial charge on any atom is 0.136 e. The van der Waals surface area contributed by atoms with Crippen LogP contribution in [0.4, 0.5) is 14.6 Å². The van der Waals surface area contributed by atoms with Crippen molar-refractivity contribution in [3.63, 3.8) is 0 Å². The number of pyridine rings is 1. The zero-order valence-electron chi connectivity index (χ0n) is 13.8. The molecule has 0 unspecified atom stereocenters. The summed E-state index contributed by atoms with van der Waals surface area (Å²) in [4.78, 5) is 9.07. The van der Waals surface area contributed by atoms with Crippen molar-refractivity contribution in [1.82, 2.24) is 9.88 Å². The number of rotatable bonds is 3. The zero-order chi connectivity index (χ0) is 17.2. The topological polar surface area (TPSA) is 19.4 Å². The average molecular weight is 339 g/mol. The van der Waals surface area contributed by atoms with E-state index in [4.69, 9.17) is 0 Å². The van der Waals surface area contributed by atoms with E-state index in [-0.39, 0.29) is 0 Å². The van der Waals surface area contributed by atoms with Crippen LogP contribution in [0.5, 0.6) is 0 Å². The predicted octanol–water partition coefficient (Wildman–Crippen LogP) is 3.84. The van der Waals surface area contributed by atoms with E-state index in [1.807, 2.05) is 24.4 Å². The molecule has 0 N–H and O–H groups in total. The second-order valence-electron chi connectivity index (χ2n) is 6.40. The summed E-state index contributed by atoms with van der Waals surface area (Å²) < 4.78 is 26.7. The highest BCUT2D eigenvalue weighted by atomic mass is 19.1. The van der Waals surface area contributed by atoms with Crippen molar-refractivity contribution in [2.45, 2.75) is 6.54 Å². The largest absolute Gasteiger partial charge is 0.354 e. The quantitative estimate of drug-likeness (QED) is 0.723. The van der Waals surface area contributed by atoms with Crippen LogP contribution in [0, 0.1) is 11.6 Å². The summed E-state index contributed by atoms with van der Waals surface area (Å²) in [5, 5.41) is 2.34. The van der Waals surface area contributed by atoms with Gasteiger partial charge in [-0.3, -0.25) is 4.90 Å². The first kappa shape index (κ1) is 16.0. The summed E-state index contributed by atoms with van der Waals surface area (Å²) in [6.07, 6.45) is 1.85. The lowest BCUT2D eigenvalue weighted by Gasteiger charge is -2.35. The van der Waals surface area contributed by atoms with Gasteiger partial charge < -0.3 is 4.90 Å².